The molecule has 0 heterocycles. The molecule has 0 amide bonds. The van der Waals surface area contributed by atoms with E-state index in [4.69, 9.17) is 16.7 Å². The van der Waals surface area contributed by atoms with Crippen LogP contribution in [-0.2, 0) is 0 Å². The Morgan fingerprint density at radius 2 is 2.10 bits per heavy atom. The van der Waals surface area contributed by atoms with Gasteiger partial charge in [-0.25, -0.2) is 0 Å². The number of alkyl halides is 1. The smallest absolute Gasteiger partial charge is 0.0712 e. The molecule has 0 bridgehead atoms. The van der Waals surface area contributed by atoms with E-state index in [2.05, 4.69) is 20.4 Å². The lowest BCUT2D eigenvalue weighted by atomic mass is 10.00. The maximum absolute atomic E-state index is 9.08. The van der Waals surface area contributed by atoms with Crippen LogP contribution in [0, 0.1) is 5.92 Å². The molecule has 0 aliphatic rings. The number of hydrogen-bond donors (Lipinski definition) is 1. The third-order valence-electron chi connectivity index (χ3n) is 1.49. The van der Waals surface area contributed by atoms with Crippen LogP contribution in [0.1, 0.15) is 20.3 Å². The van der Waals surface area contributed by atoms with Gasteiger partial charge in [0.05, 0.1) is 6.10 Å². The molecule has 0 aromatic rings. The molecule has 0 radical (unpaired) electrons. The first kappa shape index (κ1) is 9.99. The van der Waals surface area contributed by atoms with Crippen LogP contribution in [0.4, 0.5) is 0 Å². The summed E-state index contributed by atoms with van der Waals surface area (Å²) in [5.74, 6) is 0.740. The summed E-state index contributed by atoms with van der Waals surface area (Å²) < 4.78 is 0. The first-order valence-electron chi connectivity index (χ1n) is 3.49. The van der Waals surface area contributed by atoms with E-state index in [-0.39, 0.29) is 0 Å². The zero-order valence-corrected chi connectivity index (χ0v) is 7.36. The van der Waals surface area contributed by atoms with Gasteiger partial charge in [-0.1, -0.05) is 26.0 Å². The molecule has 0 spiro atoms. The van der Waals surface area contributed by atoms with Gasteiger partial charge in [0.1, 0.15) is 0 Å². The Morgan fingerprint density at radius 3 is 2.40 bits per heavy atom. The average Bonchev–Trinajstić information content (AvgIpc) is 1.87. The summed E-state index contributed by atoms with van der Waals surface area (Å²) in [5.41, 5.74) is 1.06. The Kier molecular flexibility index (Phi) is 4.75. The van der Waals surface area contributed by atoms with Gasteiger partial charge in [-0.15, -0.1) is 11.6 Å². The lowest BCUT2D eigenvalue weighted by Gasteiger charge is -2.11. The van der Waals surface area contributed by atoms with Crippen LogP contribution in [0.2, 0.25) is 0 Å². The molecule has 0 fully saturated rings. The lowest BCUT2D eigenvalue weighted by Crippen LogP contribution is -2.10. The third-order valence-corrected chi connectivity index (χ3v) is 1.85. The van der Waals surface area contributed by atoms with Gasteiger partial charge in [0.25, 0.3) is 0 Å². The van der Waals surface area contributed by atoms with Gasteiger partial charge in [0.15, 0.2) is 0 Å². The van der Waals surface area contributed by atoms with Crippen molar-refractivity contribution in [2.75, 3.05) is 5.88 Å². The lowest BCUT2D eigenvalue weighted by molar-refractivity contribution is 0.195. The van der Waals surface area contributed by atoms with Crippen molar-refractivity contribution in [1.82, 2.24) is 0 Å². The number of aliphatic hydroxyl groups excluding tert-OH is 1. The first-order chi connectivity index (χ1) is 4.57. The van der Waals surface area contributed by atoms with Crippen LogP contribution >= 0.6 is 11.6 Å². The predicted molar refractivity (Wildman–Crippen MR) is 45.3 cm³/mol. The summed E-state index contributed by atoms with van der Waals surface area (Å²) in [4.78, 5) is 0. The molecule has 0 aliphatic heterocycles. The van der Waals surface area contributed by atoms with E-state index in [1.165, 1.54) is 0 Å². The van der Waals surface area contributed by atoms with Crippen LogP contribution in [0.5, 0.6) is 0 Å². The van der Waals surface area contributed by atoms with Gasteiger partial charge < -0.3 is 5.11 Å². The summed E-state index contributed by atoms with van der Waals surface area (Å²) in [7, 11) is 0. The molecular formula is C8H15ClO. The highest BCUT2D eigenvalue weighted by atomic mass is 35.5. The van der Waals surface area contributed by atoms with Gasteiger partial charge in [-0.05, 0) is 12.3 Å². The molecule has 60 valence electrons. The Bertz CT molecular complexity index is 110. The number of halogens is 1. The van der Waals surface area contributed by atoms with E-state index < -0.39 is 6.10 Å². The van der Waals surface area contributed by atoms with E-state index in [0.29, 0.717) is 18.2 Å². The number of hydrogen-bond acceptors (Lipinski definition) is 1. The highest BCUT2D eigenvalue weighted by molar-refractivity contribution is 6.18. The van der Waals surface area contributed by atoms with Crippen LogP contribution in [0.25, 0.3) is 0 Å². The number of aliphatic hydroxyl groups is 1. The van der Waals surface area contributed by atoms with Crippen molar-refractivity contribution in [3.8, 4) is 0 Å². The molecule has 10 heavy (non-hydrogen) atoms. The molecule has 1 nitrogen and oxygen atoms in total. The van der Waals surface area contributed by atoms with E-state index in [1.807, 2.05) is 0 Å². The Labute approximate surface area is 67.7 Å². The average molecular weight is 163 g/mol. The summed E-state index contributed by atoms with van der Waals surface area (Å²) in [5, 5.41) is 9.08. The fraction of sp³-hybridized carbons (Fsp3) is 0.750. The normalized spacial score (nSPS) is 13.7. The molecule has 2 heteroatoms. The standard InChI is InChI=1S/C8H15ClO/c1-6(2)7(3)4-8(10)5-9/h6,8,10H,3-5H2,1-2H3. The molecule has 1 N–H and O–H groups in total. The molecule has 0 aliphatic carbocycles. The van der Waals surface area contributed by atoms with Crippen molar-refractivity contribution in [2.45, 2.75) is 26.4 Å². The van der Waals surface area contributed by atoms with Crippen LogP contribution < -0.4 is 0 Å². The molecule has 0 aromatic heterocycles. The van der Waals surface area contributed by atoms with Gasteiger partial charge in [-0.3, -0.25) is 0 Å². The van der Waals surface area contributed by atoms with Crippen molar-refractivity contribution >= 4 is 11.6 Å². The van der Waals surface area contributed by atoms with Crippen LogP contribution in [-0.4, -0.2) is 17.1 Å². The van der Waals surface area contributed by atoms with Gasteiger partial charge >= 0.3 is 0 Å². The number of rotatable bonds is 4. The molecule has 1 unspecified atom stereocenters. The summed E-state index contributed by atoms with van der Waals surface area (Å²) >= 11 is 5.41. The fourth-order valence-electron chi connectivity index (χ4n) is 0.593. The Morgan fingerprint density at radius 1 is 1.60 bits per heavy atom. The van der Waals surface area contributed by atoms with Gasteiger partial charge in [-0.2, -0.15) is 0 Å². The second-order valence-corrected chi connectivity index (χ2v) is 3.13. The van der Waals surface area contributed by atoms with E-state index in [0.717, 1.165) is 5.57 Å². The van der Waals surface area contributed by atoms with E-state index in [9.17, 15) is 0 Å². The molecule has 0 saturated heterocycles. The zero-order chi connectivity index (χ0) is 8.15. The van der Waals surface area contributed by atoms with Crippen LogP contribution in [0.15, 0.2) is 12.2 Å². The molecular weight excluding hydrogens is 148 g/mol. The largest absolute Gasteiger partial charge is 0.392 e. The highest BCUT2D eigenvalue weighted by Gasteiger charge is 2.06. The zero-order valence-electron chi connectivity index (χ0n) is 6.60. The second kappa shape index (κ2) is 4.75. The topological polar surface area (TPSA) is 20.2 Å². The van der Waals surface area contributed by atoms with Crippen molar-refractivity contribution in [2.24, 2.45) is 5.92 Å². The van der Waals surface area contributed by atoms with E-state index in [1.54, 1.807) is 0 Å². The first-order valence-corrected chi connectivity index (χ1v) is 4.03. The quantitative estimate of drug-likeness (QED) is 0.497. The Balaban J connectivity index is 3.57. The van der Waals surface area contributed by atoms with Crippen molar-refractivity contribution < 1.29 is 5.11 Å². The highest BCUT2D eigenvalue weighted by Crippen LogP contribution is 2.13. The summed E-state index contributed by atoms with van der Waals surface area (Å²) in [6.45, 7) is 7.94. The second-order valence-electron chi connectivity index (χ2n) is 2.83. The van der Waals surface area contributed by atoms with Gasteiger partial charge in [0, 0.05) is 5.88 Å². The third kappa shape index (κ3) is 3.91. The monoisotopic (exact) mass is 162 g/mol. The molecule has 0 saturated carbocycles. The maximum Gasteiger partial charge on any atom is 0.0712 e. The summed E-state index contributed by atoms with van der Waals surface area (Å²) in [6.07, 6.45) is 0.206. The van der Waals surface area contributed by atoms with Gasteiger partial charge in [0.2, 0.25) is 0 Å². The minimum absolute atomic E-state index is 0.297. The van der Waals surface area contributed by atoms with Crippen molar-refractivity contribution in [1.29, 1.82) is 0 Å². The van der Waals surface area contributed by atoms with E-state index >= 15 is 0 Å². The fourth-order valence-corrected chi connectivity index (χ4v) is 0.702. The van der Waals surface area contributed by atoms with Crippen molar-refractivity contribution in [3.63, 3.8) is 0 Å². The molecule has 0 aromatic carbocycles. The van der Waals surface area contributed by atoms with Crippen LogP contribution in [0.3, 0.4) is 0 Å². The SMILES string of the molecule is C=C(CC(O)CCl)C(C)C. The van der Waals surface area contributed by atoms with Crippen molar-refractivity contribution in [3.05, 3.63) is 12.2 Å². The summed E-state index contributed by atoms with van der Waals surface area (Å²) in [6, 6.07) is 0. The minimum atomic E-state index is -0.420. The Hall–Kier alpha value is -0.0100. The predicted octanol–water partition coefficient (Wildman–Crippen LogP) is 2.19. The minimum Gasteiger partial charge on any atom is -0.392 e. The maximum atomic E-state index is 9.08. The molecule has 1 atom stereocenters. The molecule has 0 rings (SSSR count).